The Morgan fingerprint density at radius 1 is 1.04 bits per heavy atom. The summed E-state index contributed by atoms with van der Waals surface area (Å²) in [5.41, 5.74) is 0.759. The topological polar surface area (TPSA) is 75.3 Å². The molecule has 0 radical (unpaired) electrons. The summed E-state index contributed by atoms with van der Waals surface area (Å²) in [4.78, 5) is 12.8. The second-order valence-corrected chi connectivity index (χ2v) is 10.3. The minimum absolute atomic E-state index is 0.0105. The second-order valence-electron chi connectivity index (χ2n) is 5.89. The van der Waals surface area contributed by atoms with Gasteiger partial charge in [0.2, 0.25) is 5.91 Å². The number of halogens is 2. The third-order valence-electron chi connectivity index (χ3n) is 3.84. The summed E-state index contributed by atoms with van der Waals surface area (Å²) in [6.07, 6.45) is 0.118. The molecule has 146 valence electrons. The number of sulfonamides is 1. The minimum atomic E-state index is -3.92. The molecule has 0 saturated carbocycles. The van der Waals surface area contributed by atoms with Gasteiger partial charge in [-0.2, -0.15) is 4.72 Å². The van der Waals surface area contributed by atoms with Crippen LogP contribution in [-0.2, 0) is 21.2 Å². The largest absolute Gasteiger partial charge is 0.322 e. The van der Waals surface area contributed by atoms with Gasteiger partial charge in [-0.15, -0.1) is 11.3 Å². The van der Waals surface area contributed by atoms with E-state index in [1.54, 1.807) is 36.4 Å². The molecule has 0 aliphatic heterocycles. The van der Waals surface area contributed by atoms with E-state index in [9.17, 15) is 17.6 Å². The number of carbonyl (C=O) groups excluding carboxylic acids is 1. The Hall–Kier alpha value is -2.07. The first kappa shape index (κ1) is 20.7. The quantitative estimate of drug-likeness (QED) is 0.530. The number of benzene rings is 2. The van der Waals surface area contributed by atoms with Gasteiger partial charge in [-0.1, -0.05) is 42.5 Å². The van der Waals surface area contributed by atoms with Gasteiger partial charge in [-0.3, -0.25) is 4.79 Å². The van der Waals surface area contributed by atoms with Crippen molar-refractivity contribution in [2.45, 2.75) is 16.7 Å². The van der Waals surface area contributed by atoms with E-state index in [2.05, 4.69) is 26.0 Å². The van der Waals surface area contributed by atoms with Gasteiger partial charge >= 0.3 is 0 Å². The van der Waals surface area contributed by atoms with E-state index in [4.69, 9.17) is 0 Å². The van der Waals surface area contributed by atoms with Crippen molar-refractivity contribution in [1.29, 1.82) is 0 Å². The van der Waals surface area contributed by atoms with Crippen LogP contribution in [0.3, 0.4) is 0 Å². The lowest BCUT2D eigenvalue weighted by Gasteiger charge is -2.18. The van der Waals surface area contributed by atoms with Crippen LogP contribution in [0.4, 0.5) is 10.1 Å². The van der Waals surface area contributed by atoms with Crippen LogP contribution in [0.2, 0.25) is 0 Å². The van der Waals surface area contributed by atoms with E-state index in [0.717, 1.165) is 16.9 Å². The van der Waals surface area contributed by atoms with Crippen LogP contribution in [0.25, 0.3) is 0 Å². The maximum atomic E-state index is 13.9. The SMILES string of the molecule is O=C(Nc1ccccc1F)[C@H](Cc1ccccc1)NS(=O)(=O)c1ccc(Br)s1. The number of carbonyl (C=O) groups is 1. The number of nitrogens with one attached hydrogen (secondary N) is 2. The minimum Gasteiger partial charge on any atom is -0.322 e. The van der Waals surface area contributed by atoms with Crippen LogP contribution in [0.5, 0.6) is 0 Å². The van der Waals surface area contributed by atoms with Crippen molar-refractivity contribution in [2.75, 3.05) is 5.32 Å². The second kappa shape index (κ2) is 8.95. The Bertz CT molecular complexity index is 1070. The van der Waals surface area contributed by atoms with Crippen molar-refractivity contribution in [3.05, 3.63) is 81.9 Å². The summed E-state index contributed by atoms with van der Waals surface area (Å²) in [5, 5.41) is 2.46. The van der Waals surface area contributed by atoms with Crippen molar-refractivity contribution >= 4 is 48.9 Å². The highest BCUT2D eigenvalue weighted by Gasteiger charge is 2.27. The van der Waals surface area contributed by atoms with Crippen molar-refractivity contribution in [1.82, 2.24) is 4.72 Å². The Balaban J connectivity index is 1.86. The Kier molecular flexibility index (Phi) is 6.61. The first-order chi connectivity index (χ1) is 13.3. The first-order valence-corrected chi connectivity index (χ1v) is 11.3. The zero-order valence-corrected chi connectivity index (χ0v) is 17.7. The highest BCUT2D eigenvalue weighted by atomic mass is 79.9. The summed E-state index contributed by atoms with van der Waals surface area (Å²) in [5.74, 6) is -1.24. The maximum Gasteiger partial charge on any atom is 0.250 e. The molecular weight excluding hydrogens is 467 g/mol. The molecule has 0 aliphatic rings. The summed E-state index contributed by atoms with van der Waals surface area (Å²) in [6, 6.07) is 16.7. The van der Waals surface area contributed by atoms with E-state index in [0.29, 0.717) is 3.79 Å². The number of anilines is 1. The molecule has 1 amide bonds. The lowest BCUT2D eigenvalue weighted by Crippen LogP contribution is -2.45. The van der Waals surface area contributed by atoms with E-state index in [1.165, 1.54) is 24.3 Å². The maximum absolute atomic E-state index is 13.9. The molecule has 0 bridgehead atoms. The van der Waals surface area contributed by atoms with Crippen molar-refractivity contribution in [3.8, 4) is 0 Å². The van der Waals surface area contributed by atoms with Crippen LogP contribution >= 0.6 is 27.3 Å². The number of amides is 1. The normalized spacial score (nSPS) is 12.5. The molecule has 0 aliphatic carbocycles. The average molecular weight is 483 g/mol. The molecule has 2 aromatic carbocycles. The van der Waals surface area contributed by atoms with Gasteiger partial charge in [0.1, 0.15) is 16.1 Å². The molecule has 0 spiro atoms. The van der Waals surface area contributed by atoms with E-state index >= 15 is 0 Å². The molecular formula is C19H16BrFN2O3S2. The number of hydrogen-bond donors (Lipinski definition) is 2. The van der Waals surface area contributed by atoms with Gasteiger partial charge in [0.05, 0.1) is 9.47 Å². The molecule has 2 N–H and O–H groups in total. The highest BCUT2D eigenvalue weighted by molar-refractivity contribution is 9.11. The first-order valence-electron chi connectivity index (χ1n) is 8.22. The zero-order valence-electron chi connectivity index (χ0n) is 14.4. The molecule has 1 atom stereocenters. The molecule has 3 aromatic rings. The number of para-hydroxylation sites is 1. The van der Waals surface area contributed by atoms with Gasteiger partial charge in [0.15, 0.2) is 0 Å². The van der Waals surface area contributed by atoms with E-state index in [-0.39, 0.29) is 16.3 Å². The molecule has 1 aromatic heterocycles. The van der Waals surface area contributed by atoms with Gasteiger partial charge in [0.25, 0.3) is 10.0 Å². The number of hydrogen-bond acceptors (Lipinski definition) is 4. The fraction of sp³-hybridized carbons (Fsp3) is 0.105. The van der Waals surface area contributed by atoms with Crippen molar-refractivity contribution in [3.63, 3.8) is 0 Å². The van der Waals surface area contributed by atoms with Crippen LogP contribution in [-0.4, -0.2) is 20.4 Å². The van der Waals surface area contributed by atoms with Crippen molar-refractivity contribution < 1.29 is 17.6 Å². The Morgan fingerprint density at radius 2 is 1.71 bits per heavy atom. The smallest absolute Gasteiger partial charge is 0.250 e. The van der Waals surface area contributed by atoms with Crippen LogP contribution < -0.4 is 10.0 Å². The van der Waals surface area contributed by atoms with E-state index < -0.39 is 27.8 Å². The van der Waals surface area contributed by atoms with Gasteiger partial charge in [-0.05, 0) is 52.2 Å². The standard InChI is InChI=1S/C19H16BrFN2O3S2/c20-17-10-11-18(27-17)28(25,26)23-16(12-13-6-2-1-3-7-13)19(24)22-15-9-5-4-8-14(15)21/h1-11,16,23H,12H2,(H,22,24)/t16-/m0/s1. The third-order valence-corrected chi connectivity index (χ3v) is 7.43. The lowest BCUT2D eigenvalue weighted by atomic mass is 10.1. The summed E-state index contributed by atoms with van der Waals surface area (Å²) < 4.78 is 42.5. The summed E-state index contributed by atoms with van der Waals surface area (Å²) in [7, 11) is -3.92. The fourth-order valence-electron chi connectivity index (χ4n) is 2.51. The van der Waals surface area contributed by atoms with Crippen LogP contribution in [0.15, 0.2) is 74.7 Å². The molecule has 1 heterocycles. The molecule has 9 heteroatoms. The van der Waals surface area contributed by atoms with Gasteiger partial charge in [0, 0.05) is 0 Å². The average Bonchev–Trinajstić information content (AvgIpc) is 3.11. The lowest BCUT2D eigenvalue weighted by molar-refractivity contribution is -0.117. The number of thiophene rings is 1. The fourth-order valence-corrected chi connectivity index (χ4v) is 5.73. The predicted octanol–water partition coefficient (Wildman–Crippen LogP) is 4.18. The summed E-state index contributed by atoms with van der Waals surface area (Å²) in [6.45, 7) is 0. The molecule has 5 nitrogen and oxygen atoms in total. The van der Waals surface area contributed by atoms with Gasteiger partial charge < -0.3 is 5.32 Å². The van der Waals surface area contributed by atoms with E-state index in [1.807, 2.05) is 6.07 Å². The molecule has 0 fully saturated rings. The monoisotopic (exact) mass is 482 g/mol. The zero-order chi connectivity index (χ0) is 20.1. The highest BCUT2D eigenvalue weighted by Crippen LogP contribution is 2.26. The van der Waals surface area contributed by atoms with Crippen molar-refractivity contribution in [2.24, 2.45) is 0 Å². The van der Waals surface area contributed by atoms with Crippen LogP contribution in [0, 0.1) is 5.82 Å². The van der Waals surface area contributed by atoms with Crippen LogP contribution in [0.1, 0.15) is 5.56 Å². The third kappa shape index (κ3) is 5.26. The molecule has 28 heavy (non-hydrogen) atoms. The molecule has 3 rings (SSSR count). The Morgan fingerprint density at radius 3 is 2.36 bits per heavy atom. The Labute approximate surface area is 174 Å². The molecule has 0 unspecified atom stereocenters. The number of rotatable bonds is 7. The molecule has 0 saturated heterocycles. The predicted molar refractivity (Wildman–Crippen MR) is 111 cm³/mol. The summed E-state index contributed by atoms with van der Waals surface area (Å²) >= 11 is 4.27. The van der Waals surface area contributed by atoms with Gasteiger partial charge in [-0.25, -0.2) is 12.8 Å².